The van der Waals surface area contributed by atoms with Crippen LogP contribution in [0.3, 0.4) is 0 Å². The lowest BCUT2D eigenvalue weighted by Gasteiger charge is -2.20. The van der Waals surface area contributed by atoms with Gasteiger partial charge in [-0.2, -0.15) is 0 Å². The number of ether oxygens (including phenoxy) is 1. The van der Waals surface area contributed by atoms with E-state index in [1.165, 1.54) is 0 Å². The van der Waals surface area contributed by atoms with Crippen LogP contribution in [0.15, 0.2) is 72.8 Å². The molecule has 3 aromatic rings. The minimum absolute atomic E-state index is 0.0201. The Morgan fingerprint density at radius 1 is 0.947 bits per heavy atom. The molecule has 1 aliphatic rings. The number of benzene rings is 3. The highest BCUT2D eigenvalue weighted by Gasteiger charge is 2.29. The number of carbonyl (C=O) groups excluding carboxylic acids is 3. The van der Waals surface area contributed by atoms with Crippen LogP contribution in [0.2, 0.25) is 0 Å². The van der Waals surface area contributed by atoms with E-state index in [0.29, 0.717) is 34.6 Å². The molecule has 3 aromatic carbocycles. The molecular formula is C29H31N5O4. The quantitative estimate of drug-likeness (QED) is 0.297. The Hall–Kier alpha value is -4.47. The van der Waals surface area contributed by atoms with Crippen molar-refractivity contribution >= 4 is 46.1 Å². The van der Waals surface area contributed by atoms with Crippen LogP contribution in [-0.2, 0) is 14.3 Å². The maximum atomic E-state index is 13.2. The van der Waals surface area contributed by atoms with Crippen molar-refractivity contribution in [3.63, 3.8) is 0 Å². The Morgan fingerprint density at radius 3 is 2.32 bits per heavy atom. The van der Waals surface area contributed by atoms with Crippen LogP contribution in [0.1, 0.15) is 21.5 Å². The van der Waals surface area contributed by atoms with Gasteiger partial charge in [0.05, 0.1) is 29.1 Å². The third-order valence-corrected chi connectivity index (χ3v) is 6.01. The number of likely N-dealkylation sites (N-methyl/N-ethyl adjacent to an activating group) is 2. The highest BCUT2D eigenvalue weighted by Crippen LogP contribution is 2.38. The summed E-state index contributed by atoms with van der Waals surface area (Å²) in [6.07, 6.45) is 0. The molecular weight excluding hydrogens is 482 g/mol. The zero-order valence-electron chi connectivity index (χ0n) is 21.7. The van der Waals surface area contributed by atoms with Crippen LogP contribution in [0.25, 0.3) is 11.3 Å². The summed E-state index contributed by atoms with van der Waals surface area (Å²) in [5, 5.41) is 6.27. The number of nitrogens with two attached hydrogens (primary N) is 1. The van der Waals surface area contributed by atoms with Gasteiger partial charge in [0.25, 0.3) is 5.91 Å². The first-order valence-electron chi connectivity index (χ1n) is 12.2. The molecule has 0 fully saturated rings. The van der Waals surface area contributed by atoms with Gasteiger partial charge < -0.3 is 30.9 Å². The van der Waals surface area contributed by atoms with E-state index in [0.717, 1.165) is 16.9 Å². The summed E-state index contributed by atoms with van der Waals surface area (Å²) in [4.78, 5) is 41.4. The molecule has 0 aromatic heterocycles. The Balaban J connectivity index is 1.68. The van der Waals surface area contributed by atoms with Gasteiger partial charge in [-0.05, 0) is 56.1 Å². The fourth-order valence-electron chi connectivity index (χ4n) is 4.10. The molecule has 4 rings (SSSR count). The zero-order valence-corrected chi connectivity index (χ0v) is 21.7. The second-order valence-electron chi connectivity index (χ2n) is 9.12. The van der Waals surface area contributed by atoms with Gasteiger partial charge in [-0.15, -0.1) is 0 Å². The maximum Gasteiger partial charge on any atom is 0.338 e. The molecule has 0 saturated heterocycles. The lowest BCUT2D eigenvalue weighted by atomic mass is 9.99. The van der Waals surface area contributed by atoms with E-state index in [1.807, 2.05) is 73.6 Å². The highest BCUT2D eigenvalue weighted by atomic mass is 16.5. The van der Waals surface area contributed by atoms with Crippen molar-refractivity contribution in [1.82, 2.24) is 4.90 Å². The number of anilines is 3. The number of rotatable bonds is 9. The minimum Gasteiger partial charge on any atom is -0.461 e. The summed E-state index contributed by atoms with van der Waals surface area (Å²) in [7, 11) is 5.44. The molecule has 38 heavy (non-hydrogen) atoms. The summed E-state index contributed by atoms with van der Waals surface area (Å²) in [6.45, 7) is 0.658. The first kappa shape index (κ1) is 26.6. The Bertz CT molecular complexity index is 1370. The Kier molecular flexibility index (Phi) is 8.20. The number of hydrogen-bond acceptors (Lipinski definition) is 7. The maximum absolute atomic E-state index is 13.2. The minimum atomic E-state index is -0.500. The first-order chi connectivity index (χ1) is 18.3. The largest absolute Gasteiger partial charge is 0.461 e. The van der Waals surface area contributed by atoms with Crippen molar-refractivity contribution in [3.8, 4) is 0 Å². The van der Waals surface area contributed by atoms with E-state index in [4.69, 9.17) is 10.5 Å². The topological polar surface area (TPSA) is 117 Å². The van der Waals surface area contributed by atoms with Crippen molar-refractivity contribution in [1.29, 1.82) is 0 Å². The number of fused-ring (bicyclic) bond motifs is 1. The van der Waals surface area contributed by atoms with Gasteiger partial charge in [-0.25, -0.2) is 4.79 Å². The lowest BCUT2D eigenvalue weighted by Crippen LogP contribution is -2.34. The molecule has 196 valence electrons. The third kappa shape index (κ3) is 5.91. The average Bonchev–Trinajstić information content (AvgIpc) is 3.25. The summed E-state index contributed by atoms with van der Waals surface area (Å²) in [5.41, 5.74) is 10.3. The van der Waals surface area contributed by atoms with E-state index in [9.17, 15) is 14.4 Å². The molecule has 1 heterocycles. The number of esters is 1. The third-order valence-electron chi connectivity index (χ3n) is 6.01. The molecule has 0 atom stereocenters. The van der Waals surface area contributed by atoms with Crippen LogP contribution in [0.5, 0.6) is 0 Å². The molecule has 0 bridgehead atoms. The lowest BCUT2D eigenvalue weighted by molar-refractivity contribution is -0.119. The second kappa shape index (κ2) is 11.7. The van der Waals surface area contributed by atoms with Crippen molar-refractivity contribution in [2.24, 2.45) is 5.73 Å². The van der Waals surface area contributed by atoms with Crippen LogP contribution in [-0.4, -0.2) is 63.5 Å². The second-order valence-corrected chi connectivity index (χ2v) is 9.12. The van der Waals surface area contributed by atoms with E-state index in [1.54, 1.807) is 30.1 Å². The summed E-state index contributed by atoms with van der Waals surface area (Å²) >= 11 is 0. The Morgan fingerprint density at radius 2 is 1.66 bits per heavy atom. The molecule has 0 aliphatic carbocycles. The van der Waals surface area contributed by atoms with Crippen molar-refractivity contribution in [2.45, 2.75) is 0 Å². The standard InChI is InChI=1S/C29H31N5O4/c1-33(2)18-25(35)34(3)22-12-10-21(11-13-22)31-27(19-7-5-4-6-8-19)26-23-14-9-20(29(37)38-16-15-30)17-24(23)32-28(26)36/h4-14,17,31H,15-16,18,30H2,1-3H3,(H,32,36). The van der Waals surface area contributed by atoms with Crippen LogP contribution >= 0.6 is 0 Å². The van der Waals surface area contributed by atoms with Crippen molar-refractivity contribution < 1.29 is 19.1 Å². The van der Waals surface area contributed by atoms with Crippen LogP contribution in [0, 0.1) is 0 Å². The highest BCUT2D eigenvalue weighted by molar-refractivity contribution is 6.37. The van der Waals surface area contributed by atoms with E-state index < -0.39 is 5.97 Å². The van der Waals surface area contributed by atoms with Gasteiger partial charge in [0.2, 0.25) is 5.91 Å². The fourth-order valence-corrected chi connectivity index (χ4v) is 4.10. The van der Waals surface area contributed by atoms with Gasteiger partial charge >= 0.3 is 5.97 Å². The number of nitrogens with one attached hydrogen (secondary N) is 2. The summed E-state index contributed by atoms with van der Waals surface area (Å²) in [5.74, 6) is -0.807. The predicted molar refractivity (Wildman–Crippen MR) is 150 cm³/mol. The number of hydrogen-bond donors (Lipinski definition) is 3. The van der Waals surface area contributed by atoms with Gasteiger partial charge in [0.15, 0.2) is 0 Å². The SMILES string of the molecule is CN(C)CC(=O)N(C)c1ccc(NC(=C2C(=O)Nc3cc(C(=O)OCCN)ccc32)c2ccccc2)cc1. The number of amides is 2. The fraction of sp³-hybridized carbons (Fsp3) is 0.207. The molecule has 0 spiro atoms. The molecule has 0 radical (unpaired) electrons. The monoisotopic (exact) mass is 513 g/mol. The molecule has 0 saturated carbocycles. The van der Waals surface area contributed by atoms with Crippen LogP contribution in [0.4, 0.5) is 17.1 Å². The van der Waals surface area contributed by atoms with Gasteiger partial charge in [0.1, 0.15) is 6.61 Å². The first-order valence-corrected chi connectivity index (χ1v) is 12.2. The molecule has 4 N–H and O–H groups in total. The predicted octanol–water partition coefficient (Wildman–Crippen LogP) is 3.26. The molecule has 2 amide bonds. The summed E-state index contributed by atoms with van der Waals surface area (Å²) in [6, 6.07) is 22.0. The van der Waals surface area contributed by atoms with Gasteiger partial charge in [-0.1, -0.05) is 36.4 Å². The van der Waals surface area contributed by atoms with Crippen molar-refractivity contribution in [3.05, 3.63) is 89.5 Å². The number of carbonyl (C=O) groups is 3. The van der Waals surface area contributed by atoms with Gasteiger partial charge in [0, 0.05) is 30.5 Å². The summed E-state index contributed by atoms with van der Waals surface area (Å²) < 4.78 is 5.12. The normalized spacial score (nSPS) is 13.6. The van der Waals surface area contributed by atoms with E-state index >= 15 is 0 Å². The number of nitrogens with zero attached hydrogens (tertiary/aromatic N) is 2. The smallest absolute Gasteiger partial charge is 0.338 e. The average molecular weight is 514 g/mol. The zero-order chi connectivity index (χ0) is 27.2. The van der Waals surface area contributed by atoms with Crippen molar-refractivity contribution in [2.75, 3.05) is 56.4 Å². The van der Waals surface area contributed by atoms with Gasteiger partial charge in [-0.3, -0.25) is 9.59 Å². The molecule has 0 unspecified atom stereocenters. The van der Waals surface area contributed by atoms with Crippen LogP contribution < -0.4 is 21.3 Å². The molecule has 9 heteroatoms. The Labute approximate surface area is 221 Å². The molecule has 1 aliphatic heterocycles. The van der Waals surface area contributed by atoms with E-state index in [2.05, 4.69) is 10.6 Å². The molecule has 9 nitrogen and oxygen atoms in total. The van der Waals surface area contributed by atoms with E-state index in [-0.39, 0.29) is 25.0 Å².